The fourth-order valence-electron chi connectivity index (χ4n) is 2.74. The van der Waals surface area contributed by atoms with E-state index in [0.29, 0.717) is 37.4 Å². The first-order chi connectivity index (χ1) is 11.3. The number of nitrogens with zero attached hydrogens (tertiary/aromatic N) is 1. The Hall–Kier alpha value is -0.410. The molecule has 0 radical (unpaired) electrons. The van der Waals surface area contributed by atoms with E-state index >= 15 is 0 Å². The number of sulfonamides is 1. The first-order valence-corrected chi connectivity index (χ1v) is 9.92. The van der Waals surface area contributed by atoms with Gasteiger partial charge in [-0.25, -0.2) is 8.42 Å². The van der Waals surface area contributed by atoms with E-state index in [4.69, 9.17) is 16.3 Å². The summed E-state index contributed by atoms with van der Waals surface area (Å²) in [6, 6.07) is 3.76. The van der Waals surface area contributed by atoms with Crippen molar-refractivity contribution in [1.82, 2.24) is 4.47 Å². The van der Waals surface area contributed by atoms with Crippen molar-refractivity contribution in [3.8, 4) is 0 Å². The fourth-order valence-corrected chi connectivity index (χ4v) is 4.46. The largest absolute Gasteiger partial charge is 0.330 e. The molecule has 0 aliphatic heterocycles. The predicted molar refractivity (Wildman–Crippen MR) is 112 cm³/mol. The van der Waals surface area contributed by atoms with Crippen molar-refractivity contribution < 1.29 is 13.3 Å². The van der Waals surface area contributed by atoms with E-state index in [9.17, 15) is 8.42 Å². The molecule has 0 fully saturated rings. The minimum absolute atomic E-state index is 0. The summed E-state index contributed by atoms with van der Waals surface area (Å²) in [7, 11) is -3.71. The molecule has 0 saturated carbocycles. The Labute approximate surface area is 170 Å². The summed E-state index contributed by atoms with van der Waals surface area (Å²) < 4.78 is 27.3. The molecule has 1 rings (SSSR count). The lowest BCUT2D eigenvalue weighted by Crippen LogP contribution is -2.34. The smallest absolute Gasteiger partial charge is 0.265 e. The molecule has 0 aliphatic carbocycles. The zero-order chi connectivity index (χ0) is 18.2. The number of hydrogen-bond donors (Lipinski definition) is 2. The Morgan fingerprint density at radius 1 is 0.923 bits per heavy atom. The molecule has 6 nitrogen and oxygen atoms in total. The Bertz CT molecular complexity index is 605. The minimum Gasteiger partial charge on any atom is -0.330 e. The molecule has 26 heavy (non-hydrogen) atoms. The summed E-state index contributed by atoms with van der Waals surface area (Å²) >= 11 is 0. The predicted octanol–water partition coefficient (Wildman–Crippen LogP) is 2.86. The third kappa shape index (κ3) is 8.08. The van der Waals surface area contributed by atoms with Gasteiger partial charge in [-0.3, -0.25) is 4.84 Å². The maximum atomic E-state index is 13.1. The van der Waals surface area contributed by atoms with E-state index in [1.807, 2.05) is 32.9 Å². The van der Waals surface area contributed by atoms with Crippen molar-refractivity contribution >= 4 is 34.8 Å². The van der Waals surface area contributed by atoms with E-state index < -0.39 is 10.0 Å². The van der Waals surface area contributed by atoms with Crippen LogP contribution >= 0.6 is 24.8 Å². The second-order valence-electron chi connectivity index (χ2n) is 6.08. The van der Waals surface area contributed by atoms with Gasteiger partial charge in [-0.15, -0.1) is 24.8 Å². The number of benzene rings is 1. The average Bonchev–Trinajstić information content (AvgIpc) is 2.48. The van der Waals surface area contributed by atoms with Gasteiger partial charge in [0, 0.05) is 6.54 Å². The van der Waals surface area contributed by atoms with Gasteiger partial charge in [0.2, 0.25) is 0 Å². The van der Waals surface area contributed by atoms with Gasteiger partial charge < -0.3 is 11.5 Å². The zero-order valence-corrected chi connectivity index (χ0v) is 18.3. The van der Waals surface area contributed by atoms with Crippen molar-refractivity contribution in [2.24, 2.45) is 11.5 Å². The lowest BCUT2D eigenvalue weighted by molar-refractivity contribution is -0.0853. The molecule has 0 amide bonds. The fraction of sp³-hybridized carbons (Fsp3) is 0.647. The van der Waals surface area contributed by atoms with Crippen LogP contribution in [0.15, 0.2) is 17.0 Å². The van der Waals surface area contributed by atoms with E-state index in [1.165, 1.54) is 0 Å². The molecule has 0 bridgehead atoms. The lowest BCUT2D eigenvalue weighted by atomic mass is 10.1. The molecule has 154 valence electrons. The van der Waals surface area contributed by atoms with Crippen LogP contribution in [0.4, 0.5) is 0 Å². The number of rotatable bonds is 11. The highest BCUT2D eigenvalue weighted by molar-refractivity contribution is 7.89. The second kappa shape index (κ2) is 13.7. The molecular weight excluding hydrogens is 397 g/mol. The van der Waals surface area contributed by atoms with Crippen LogP contribution in [-0.2, 0) is 14.9 Å². The third-order valence-corrected chi connectivity index (χ3v) is 5.74. The van der Waals surface area contributed by atoms with Gasteiger partial charge in [-0.1, -0.05) is 28.6 Å². The molecule has 0 heterocycles. The number of halogens is 2. The van der Waals surface area contributed by atoms with Crippen LogP contribution in [0.2, 0.25) is 0 Å². The van der Waals surface area contributed by atoms with Gasteiger partial charge in [-0.2, -0.15) is 0 Å². The molecular formula is C17H33Cl2N3O3S. The molecule has 9 heteroatoms. The summed E-state index contributed by atoms with van der Waals surface area (Å²) in [4.78, 5) is 5.89. The average molecular weight is 430 g/mol. The highest BCUT2D eigenvalue weighted by atomic mass is 35.5. The van der Waals surface area contributed by atoms with Crippen LogP contribution in [0.25, 0.3) is 0 Å². The van der Waals surface area contributed by atoms with Crippen molar-refractivity contribution in [3.63, 3.8) is 0 Å². The Morgan fingerprint density at radius 2 is 1.46 bits per heavy atom. The Kier molecular flexibility index (Phi) is 14.7. The summed E-state index contributed by atoms with van der Waals surface area (Å²) in [5.41, 5.74) is 13.5. The monoisotopic (exact) mass is 429 g/mol. The maximum Gasteiger partial charge on any atom is 0.265 e. The van der Waals surface area contributed by atoms with Gasteiger partial charge >= 0.3 is 0 Å². The quantitative estimate of drug-likeness (QED) is 0.416. The van der Waals surface area contributed by atoms with Crippen LogP contribution in [0.5, 0.6) is 0 Å². The summed E-state index contributed by atoms with van der Waals surface area (Å²) in [6.07, 6.45) is 3.07. The summed E-state index contributed by atoms with van der Waals surface area (Å²) in [6.45, 7) is 7.27. The van der Waals surface area contributed by atoms with Crippen molar-refractivity contribution in [2.45, 2.75) is 51.3 Å². The summed E-state index contributed by atoms with van der Waals surface area (Å²) in [5, 5.41) is 0. The number of nitrogens with two attached hydrogens (primary N) is 2. The van der Waals surface area contributed by atoms with E-state index in [2.05, 4.69) is 0 Å². The first-order valence-electron chi connectivity index (χ1n) is 8.48. The van der Waals surface area contributed by atoms with Crippen LogP contribution in [0, 0.1) is 20.8 Å². The van der Waals surface area contributed by atoms with Gasteiger partial charge in [0.25, 0.3) is 10.0 Å². The number of hydrogen-bond acceptors (Lipinski definition) is 5. The van der Waals surface area contributed by atoms with Crippen LogP contribution < -0.4 is 11.5 Å². The zero-order valence-electron chi connectivity index (χ0n) is 15.9. The Morgan fingerprint density at radius 3 is 1.96 bits per heavy atom. The van der Waals surface area contributed by atoms with Gasteiger partial charge in [0.05, 0.1) is 11.5 Å². The molecule has 4 N–H and O–H groups in total. The van der Waals surface area contributed by atoms with Crippen LogP contribution in [0.3, 0.4) is 0 Å². The first kappa shape index (κ1) is 27.8. The van der Waals surface area contributed by atoms with Crippen molar-refractivity contribution in [2.75, 3.05) is 26.2 Å². The SMILES string of the molecule is Cc1cc(C)c(S(=O)(=O)N(CCCCCN)OCCCN)c(C)c1.Cl.Cl. The van der Waals surface area contributed by atoms with Gasteiger partial charge in [0.15, 0.2) is 0 Å². The molecule has 0 atom stereocenters. The number of unbranched alkanes of at least 4 members (excludes halogenated alkanes) is 2. The molecule has 1 aromatic rings. The maximum absolute atomic E-state index is 13.1. The molecule has 1 aromatic carbocycles. The molecule has 0 aromatic heterocycles. The lowest BCUT2D eigenvalue weighted by Gasteiger charge is -2.23. The van der Waals surface area contributed by atoms with E-state index in [1.54, 1.807) is 0 Å². The second-order valence-corrected chi connectivity index (χ2v) is 7.85. The highest BCUT2D eigenvalue weighted by Gasteiger charge is 2.28. The van der Waals surface area contributed by atoms with Crippen LogP contribution in [-0.4, -0.2) is 39.1 Å². The third-order valence-electron chi connectivity index (χ3n) is 3.76. The minimum atomic E-state index is -3.71. The van der Waals surface area contributed by atoms with E-state index in [-0.39, 0.29) is 31.4 Å². The standard InChI is InChI=1S/C17H31N3O3S.2ClH/c1-14-12-15(2)17(16(3)13-14)24(21,22)20(23-11-7-9-19)10-6-4-5-8-18;;/h12-13H,4-11,18-19H2,1-3H3;2*1H. The molecule has 0 saturated heterocycles. The van der Waals surface area contributed by atoms with Gasteiger partial charge in [-0.05, 0) is 64.3 Å². The normalized spacial score (nSPS) is 11.2. The summed E-state index contributed by atoms with van der Waals surface area (Å²) in [5.74, 6) is 0. The number of aryl methyl sites for hydroxylation is 3. The molecule has 0 spiro atoms. The van der Waals surface area contributed by atoms with Crippen molar-refractivity contribution in [1.29, 1.82) is 0 Å². The van der Waals surface area contributed by atoms with Crippen molar-refractivity contribution in [3.05, 3.63) is 28.8 Å². The molecule has 0 aliphatic rings. The highest BCUT2D eigenvalue weighted by Crippen LogP contribution is 2.26. The number of hydroxylamine groups is 1. The van der Waals surface area contributed by atoms with Gasteiger partial charge in [0.1, 0.15) is 0 Å². The Balaban J connectivity index is 0. The molecule has 0 unspecified atom stereocenters. The van der Waals surface area contributed by atoms with E-state index in [0.717, 1.165) is 34.0 Å². The van der Waals surface area contributed by atoms with Crippen LogP contribution in [0.1, 0.15) is 42.4 Å². The topological polar surface area (TPSA) is 98.7 Å².